The van der Waals surface area contributed by atoms with Gasteiger partial charge in [-0.05, 0) is 36.6 Å². The summed E-state index contributed by atoms with van der Waals surface area (Å²) in [5, 5.41) is 2.80. The Morgan fingerprint density at radius 2 is 1.92 bits per heavy atom. The molecule has 26 heavy (non-hydrogen) atoms. The van der Waals surface area contributed by atoms with Gasteiger partial charge in [0.1, 0.15) is 0 Å². The van der Waals surface area contributed by atoms with Crippen LogP contribution in [0.3, 0.4) is 0 Å². The molecule has 0 bridgehead atoms. The van der Waals surface area contributed by atoms with Crippen LogP contribution in [0.4, 0.5) is 0 Å². The Morgan fingerprint density at radius 1 is 1.12 bits per heavy atom. The Kier molecular flexibility index (Phi) is 6.03. The number of rotatable bonds is 7. The molecule has 2 aromatic rings. The van der Waals surface area contributed by atoms with E-state index in [9.17, 15) is 13.2 Å². The van der Waals surface area contributed by atoms with Gasteiger partial charge in [0.2, 0.25) is 10.0 Å². The highest BCUT2D eigenvalue weighted by molar-refractivity contribution is 7.89. The number of ether oxygens (including phenoxy) is 1. The van der Waals surface area contributed by atoms with Crippen LogP contribution in [0.1, 0.15) is 28.8 Å². The smallest absolute Gasteiger partial charge is 0.251 e. The molecule has 0 radical (unpaired) electrons. The Morgan fingerprint density at radius 3 is 2.65 bits per heavy atom. The van der Waals surface area contributed by atoms with Crippen molar-refractivity contribution in [3.05, 3.63) is 65.7 Å². The summed E-state index contributed by atoms with van der Waals surface area (Å²) in [7, 11) is -3.70. The fourth-order valence-corrected chi connectivity index (χ4v) is 3.84. The van der Waals surface area contributed by atoms with Crippen molar-refractivity contribution in [2.24, 2.45) is 0 Å². The molecule has 0 aromatic heterocycles. The van der Waals surface area contributed by atoms with Gasteiger partial charge in [-0.1, -0.05) is 36.4 Å². The zero-order valence-electron chi connectivity index (χ0n) is 14.4. The van der Waals surface area contributed by atoms with Crippen molar-refractivity contribution in [2.45, 2.75) is 30.4 Å². The number of sulfonamides is 1. The minimum absolute atomic E-state index is 0.0402. The molecule has 1 fully saturated rings. The van der Waals surface area contributed by atoms with Crippen LogP contribution in [-0.2, 0) is 21.3 Å². The van der Waals surface area contributed by atoms with Gasteiger partial charge in [0.25, 0.3) is 5.91 Å². The molecular weight excluding hydrogens is 352 g/mol. The standard InChI is InChI=1S/C19H22N2O4S/c22-19(20-14-17-9-5-11-25-17)16-8-4-10-18(12-16)26(23,24)21-13-15-6-2-1-3-7-15/h1-4,6-8,10,12,17,21H,5,9,11,13-14H2,(H,20,22)/t17-/m0/s1. The molecule has 1 heterocycles. The predicted octanol–water partition coefficient (Wildman–Crippen LogP) is 2.07. The van der Waals surface area contributed by atoms with Crippen LogP contribution in [0.2, 0.25) is 0 Å². The van der Waals surface area contributed by atoms with E-state index in [0.717, 1.165) is 25.0 Å². The summed E-state index contributed by atoms with van der Waals surface area (Å²) in [5.41, 5.74) is 1.17. The lowest BCUT2D eigenvalue weighted by molar-refractivity contribution is 0.0857. The summed E-state index contributed by atoms with van der Waals surface area (Å²) in [4.78, 5) is 12.3. The SMILES string of the molecule is O=C(NC[C@@H]1CCCO1)c1cccc(S(=O)(=O)NCc2ccccc2)c1. The second-order valence-corrected chi connectivity index (χ2v) is 7.95. The lowest BCUT2D eigenvalue weighted by Gasteiger charge is -2.12. The summed E-state index contributed by atoms with van der Waals surface area (Å²) in [6, 6.07) is 15.3. The van der Waals surface area contributed by atoms with Gasteiger partial charge < -0.3 is 10.1 Å². The molecule has 0 unspecified atom stereocenters. The van der Waals surface area contributed by atoms with E-state index < -0.39 is 10.0 Å². The van der Waals surface area contributed by atoms with E-state index in [1.54, 1.807) is 12.1 Å². The van der Waals surface area contributed by atoms with Crippen LogP contribution in [-0.4, -0.2) is 33.6 Å². The van der Waals surface area contributed by atoms with Crippen LogP contribution < -0.4 is 10.0 Å². The summed E-state index contributed by atoms with van der Waals surface area (Å²) in [6.07, 6.45) is 1.97. The van der Waals surface area contributed by atoms with Gasteiger partial charge in [0.15, 0.2) is 0 Å². The Bertz CT molecular complexity index is 847. The van der Waals surface area contributed by atoms with Gasteiger partial charge in [-0.2, -0.15) is 0 Å². The molecule has 3 rings (SSSR count). The number of nitrogens with one attached hydrogen (secondary N) is 2. The summed E-state index contributed by atoms with van der Waals surface area (Å²) in [6.45, 7) is 1.35. The molecule has 138 valence electrons. The third-order valence-electron chi connectivity index (χ3n) is 4.23. The van der Waals surface area contributed by atoms with Crippen molar-refractivity contribution in [3.63, 3.8) is 0 Å². The first-order chi connectivity index (χ1) is 12.5. The van der Waals surface area contributed by atoms with Gasteiger partial charge >= 0.3 is 0 Å². The first kappa shape index (κ1) is 18.6. The van der Waals surface area contributed by atoms with E-state index in [0.29, 0.717) is 12.1 Å². The van der Waals surface area contributed by atoms with Crippen LogP contribution >= 0.6 is 0 Å². The fraction of sp³-hybridized carbons (Fsp3) is 0.316. The quantitative estimate of drug-likeness (QED) is 0.777. The second-order valence-electron chi connectivity index (χ2n) is 6.18. The summed E-state index contributed by atoms with van der Waals surface area (Å²) < 4.78 is 33.0. The van der Waals surface area contributed by atoms with Gasteiger partial charge in [0, 0.05) is 25.3 Å². The zero-order valence-corrected chi connectivity index (χ0v) is 15.2. The molecule has 1 atom stereocenters. The average molecular weight is 374 g/mol. The molecule has 1 aliphatic rings. The maximum atomic E-state index is 12.5. The monoisotopic (exact) mass is 374 g/mol. The molecule has 2 N–H and O–H groups in total. The topological polar surface area (TPSA) is 84.5 Å². The van der Waals surface area contributed by atoms with Crippen LogP contribution in [0.5, 0.6) is 0 Å². The average Bonchev–Trinajstić information content (AvgIpc) is 3.19. The minimum Gasteiger partial charge on any atom is -0.376 e. The highest BCUT2D eigenvalue weighted by Gasteiger charge is 2.19. The molecule has 0 saturated carbocycles. The molecule has 1 amide bonds. The van der Waals surface area contributed by atoms with E-state index in [1.165, 1.54) is 12.1 Å². The van der Waals surface area contributed by atoms with E-state index in [1.807, 2.05) is 30.3 Å². The summed E-state index contributed by atoms with van der Waals surface area (Å²) >= 11 is 0. The predicted molar refractivity (Wildman–Crippen MR) is 98.2 cm³/mol. The van der Waals surface area contributed by atoms with Crippen molar-refractivity contribution < 1.29 is 17.9 Å². The largest absolute Gasteiger partial charge is 0.376 e. The lowest BCUT2D eigenvalue weighted by Crippen LogP contribution is -2.32. The van der Waals surface area contributed by atoms with Gasteiger partial charge in [-0.15, -0.1) is 0 Å². The Labute approximate surface area is 153 Å². The van der Waals surface area contributed by atoms with E-state index in [2.05, 4.69) is 10.0 Å². The minimum atomic E-state index is -3.70. The third kappa shape index (κ3) is 4.91. The molecular formula is C19H22N2O4S. The molecule has 6 nitrogen and oxygen atoms in total. The first-order valence-electron chi connectivity index (χ1n) is 8.58. The van der Waals surface area contributed by atoms with Crippen molar-refractivity contribution in [1.82, 2.24) is 10.0 Å². The van der Waals surface area contributed by atoms with Crippen molar-refractivity contribution in [1.29, 1.82) is 0 Å². The van der Waals surface area contributed by atoms with E-state index in [-0.39, 0.29) is 23.5 Å². The van der Waals surface area contributed by atoms with Gasteiger partial charge in [-0.25, -0.2) is 13.1 Å². The normalized spacial score (nSPS) is 17.2. The van der Waals surface area contributed by atoms with E-state index >= 15 is 0 Å². The second kappa shape index (κ2) is 8.44. The van der Waals surface area contributed by atoms with Crippen LogP contribution in [0.15, 0.2) is 59.5 Å². The molecule has 0 spiro atoms. The lowest BCUT2D eigenvalue weighted by atomic mass is 10.2. The van der Waals surface area contributed by atoms with Crippen LogP contribution in [0.25, 0.3) is 0 Å². The van der Waals surface area contributed by atoms with Gasteiger partial charge in [0.05, 0.1) is 11.0 Å². The number of hydrogen-bond donors (Lipinski definition) is 2. The molecule has 7 heteroatoms. The molecule has 1 aliphatic heterocycles. The number of amides is 1. The van der Waals surface area contributed by atoms with E-state index in [4.69, 9.17) is 4.74 Å². The number of carbonyl (C=O) groups excluding carboxylic acids is 1. The fourth-order valence-electron chi connectivity index (χ4n) is 2.78. The van der Waals surface area contributed by atoms with Crippen molar-refractivity contribution in [2.75, 3.05) is 13.2 Å². The highest BCUT2D eigenvalue weighted by Crippen LogP contribution is 2.14. The summed E-state index contributed by atoms with van der Waals surface area (Å²) in [5.74, 6) is -0.305. The maximum Gasteiger partial charge on any atom is 0.251 e. The molecule has 2 aromatic carbocycles. The molecule has 1 saturated heterocycles. The Hall–Kier alpha value is -2.22. The number of carbonyl (C=O) groups is 1. The van der Waals surface area contributed by atoms with Gasteiger partial charge in [-0.3, -0.25) is 4.79 Å². The maximum absolute atomic E-state index is 12.5. The number of hydrogen-bond acceptors (Lipinski definition) is 4. The molecule has 0 aliphatic carbocycles. The number of benzene rings is 2. The first-order valence-corrected chi connectivity index (χ1v) is 10.1. The van der Waals surface area contributed by atoms with Crippen molar-refractivity contribution in [3.8, 4) is 0 Å². The third-order valence-corrected chi connectivity index (χ3v) is 5.63. The van der Waals surface area contributed by atoms with Crippen molar-refractivity contribution >= 4 is 15.9 Å². The Balaban J connectivity index is 1.64. The van der Waals surface area contributed by atoms with Crippen LogP contribution in [0, 0.1) is 0 Å². The highest BCUT2D eigenvalue weighted by atomic mass is 32.2. The zero-order chi connectivity index (χ0) is 18.4.